The minimum absolute atomic E-state index is 0.140. The zero-order valence-electron chi connectivity index (χ0n) is 20.3. The molecule has 8 nitrogen and oxygen atoms in total. The average Bonchev–Trinajstić information content (AvgIpc) is 3.58. The van der Waals surface area contributed by atoms with Gasteiger partial charge in [-0.15, -0.1) is 0 Å². The van der Waals surface area contributed by atoms with Crippen LogP contribution >= 0.6 is 0 Å². The van der Waals surface area contributed by atoms with E-state index in [1.54, 1.807) is 7.11 Å². The van der Waals surface area contributed by atoms with E-state index in [2.05, 4.69) is 0 Å². The van der Waals surface area contributed by atoms with E-state index in [0.29, 0.717) is 6.42 Å². The highest BCUT2D eigenvalue weighted by molar-refractivity contribution is 6.03. The molecule has 4 aromatic rings. The Labute approximate surface area is 214 Å². The number of hydrogen-bond donors (Lipinski definition) is 1. The average molecular weight is 495 g/mol. The number of methoxy groups -OCH3 is 1. The number of carbonyl (C=O) groups is 2. The van der Waals surface area contributed by atoms with E-state index in [-0.39, 0.29) is 18.7 Å². The van der Waals surface area contributed by atoms with Crippen LogP contribution in [0.4, 0.5) is 0 Å². The predicted octanol–water partition coefficient (Wildman–Crippen LogP) is 5.09. The minimum Gasteiger partial charge on any atom is -0.497 e. The Hall–Kier alpha value is -4.72. The zero-order valence-corrected chi connectivity index (χ0v) is 20.3. The number of benzene rings is 3. The molecule has 0 saturated heterocycles. The fraction of sp³-hybridized carbons (Fsp3) is 0.172. The standard InChI is InChI=1S/C29H26N4O4/c1-37-23-14-12-20(13-15-23)25-18-26(33(30-25)27(34)16-17-28(35)36)24-19-32(22-10-6-3-7-11-22)31-29(24)21-8-4-2-5-9-21/h2-15,19,26H,16-18H2,1H3,(H,35,36)/t26-/m1/s1. The number of carboxylic acid groups (broad SMARTS) is 1. The smallest absolute Gasteiger partial charge is 0.303 e. The van der Waals surface area contributed by atoms with Crippen LogP contribution in [0.5, 0.6) is 5.75 Å². The van der Waals surface area contributed by atoms with Gasteiger partial charge in [-0.25, -0.2) is 9.69 Å². The number of ether oxygens (including phenoxy) is 1. The summed E-state index contributed by atoms with van der Waals surface area (Å²) in [6, 6.07) is 26.7. The molecule has 0 spiro atoms. The monoisotopic (exact) mass is 494 g/mol. The molecule has 0 bridgehead atoms. The largest absolute Gasteiger partial charge is 0.497 e. The molecule has 0 fully saturated rings. The molecular formula is C29H26N4O4. The van der Waals surface area contributed by atoms with Gasteiger partial charge in [-0.3, -0.25) is 9.59 Å². The van der Waals surface area contributed by atoms with Crippen molar-refractivity contribution in [2.75, 3.05) is 7.11 Å². The van der Waals surface area contributed by atoms with Crippen LogP contribution in [0, 0.1) is 0 Å². The van der Waals surface area contributed by atoms with Gasteiger partial charge in [0.25, 0.3) is 0 Å². The molecule has 3 aromatic carbocycles. The van der Waals surface area contributed by atoms with Crippen molar-refractivity contribution in [1.82, 2.24) is 14.8 Å². The van der Waals surface area contributed by atoms with Gasteiger partial charge in [0.15, 0.2) is 0 Å². The first-order chi connectivity index (χ1) is 18.0. The summed E-state index contributed by atoms with van der Waals surface area (Å²) in [5.41, 5.74) is 5.01. The van der Waals surface area contributed by atoms with Gasteiger partial charge in [-0.2, -0.15) is 10.2 Å². The fourth-order valence-electron chi connectivity index (χ4n) is 4.43. The van der Waals surface area contributed by atoms with Crippen molar-refractivity contribution in [3.8, 4) is 22.7 Å². The Balaban J connectivity index is 1.58. The molecular weight excluding hydrogens is 468 g/mol. The first-order valence-electron chi connectivity index (χ1n) is 12.0. The van der Waals surface area contributed by atoms with Crippen LogP contribution in [-0.2, 0) is 9.59 Å². The van der Waals surface area contributed by atoms with Gasteiger partial charge in [0.2, 0.25) is 5.91 Å². The molecule has 1 N–H and O–H groups in total. The van der Waals surface area contributed by atoms with E-state index >= 15 is 0 Å². The topological polar surface area (TPSA) is 97.0 Å². The number of amides is 1. The SMILES string of the molecule is COc1ccc(C2=NN(C(=O)CCC(=O)O)[C@@H](c3cn(-c4ccccc4)nc3-c3ccccc3)C2)cc1. The number of nitrogens with zero attached hydrogens (tertiary/aromatic N) is 4. The number of aromatic nitrogens is 2. The molecule has 1 aliphatic rings. The van der Waals surface area contributed by atoms with Gasteiger partial charge in [-0.05, 0) is 42.0 Å². The Morgan fingerprint density at radius 1 is 0.919 bits per heavy atom. The maximum atomic E-state index is 13.2. The van der Waals surface area contributed by atoms with Gasteiger partial charge in [-0.1, -0.05) is 48.5 Å². The van der Waals surface area contributed by atoms with Crippen molar-refractivity contribution < 1.29 is 19.4 Å². The van der Waals surface area contributed by atoms with E-state index < -0.39 is 12.0 Å². The van der Waals surface area contributed by atoms with Crippen molar-refractivity contribution in [1.29, 1.82) is 0 Å². The van der Waals surface area contributed by atoms with Crippen LogP contribution in [-0.4, -0.2) is 44.6 Å². The third-order valence-corrected chi connectivity index (χ3v) is 6.31. The predicted molar refractivity (Wildman–Crippen MR) is 140 cm³/mol. The molecule has 0 radical (unpaired) electrons. The summed E-state index contributed by atoms with van der Waals surface area (Å²) in [6.07, 6.45) is 2.00. The quantitative estimate of drug-likeness (QED) is 0.368. The molecule has 37 heavy (non-hydrogen) atoms. The zero-order chi connectivity index (χ0) is 25.8. The summed E-state index contributed by atoms with van der Waals surface area (Å²) >= 11 is 0. The Kier molecular flexibility index (Phi) is 6.81. The van der Waals surface area contributed by atoms with Gasteiger partial charge in [0.05, 0.1) is 36.7 Å². The van der Waals surface area contributed by atoms with Crippen molar-refractivity contribution >= 4 is 17.6 Å². The molecule has 8 heteroatoms. The second kappa shape index (κ2) is 10.5. The maximum absolute atomic E-state index is 13.2. The van der Waals surface area contributed by atoms with Crippen LogP contribution in [0.15, 0.2) is 96.2 Å². The molecule has 0 aliphatic carbocycles. The molecule has 1 aromatic heterocycles. The minimum atomic E-state index is -1.02. The lowest BCUT2D eigenvalue weighted by atomic mass is 9.96. The van der Waals surface area contributed by atoms with E-state index in [4.69, 9.17) is 20.0 Å². The third-order valence-electron chi connectivity index (χ3n) is 6.31. The van der Waals surface area contributed by atoms with Crippen molar-refractivity contribution in [3.63, 3.8) is 0 Å². The lowest BCUT2D eigenvalue weighted by molar-refractivity contribution is -0.141. The molecule has 0 saturated carbocycles. The van der Waals surface area contributed by atoms with E-state index in [1.165, 1.54) is 5.01 Å². The summed E-state index contributed by atoms with van der Waals surface area (Å²) < 4.78 is 7.08. The van der Waals surface area contributed by atoms with Crippen LogP contribution in [0.1, 0.15) is 36.4 Å². The Morgan fingerprint density at radius 3 is 2.24 bits per heavy atom. The summed E-state index contributed by atoms with van der Waals surface area (Å²) in [7, 11) is 1.61. The van der Waals surface area contributed by atoms with Crippen LogP contribution < -0.4 is 4.74 Å². The van der Waals surface area contributed by atoms with E-state index in [1.807, 2.05) is 95.8 Å². The fourth-order valence-corrected chi connectivity index (χ4v) is 4.43. The first-order valence-corrected chi connectivity index (χ1v) is 12.0. The summed E-state index contributed by atoms with van der Waals surface area (Å²) in [5.74, 6) is -0.642. The van der Waals surface area contributed by atoms with Gasteiger partial charge in [0, 0.05) is 30.2 Å². The molecule has 1 atom stereocenters. The molecule has 5 rings (SSSR count). The number of carboxylic acids is 1. The molecule has 2 heterocycles. The Bertz CT molecular complexity index is 1430. The lowest BCUT2D eigenvalue weighted by Gasteiger charge is -2.21. The molecule has 1 amide bonds. The van der Waals surface area contributed by atoms with Gasteiger partial charge < -0.3 is 9.84 Å². The highest BCUT2D eigenvalue weighted by atomic mass is 16.5. The summed E-state index contributed by atoms with van der Waals surface area (Å²) in [4.78, 5) is 24.4. The first kappa shape index (κ1) is 24.0. The van der Waals surface area contributed by atoms with E-state index in [9.17, 15) is 9.59 Å². The van der Waals surface area contributed by atoms with Crippen molar-refractivity contribution in [3.05, 3.63) is 102 Å². The van der Waals surface area contributed by atoms with Crippen LogP contribution in [0.2, 0.25) is 0 Å². The second-order valence-corrected chi connectivity index (χ2v) is 8.71. The van der Waals surface area contributed by atoms with Crippen LogP contribution in [0.25, 0.3) is 16.9 Å². The van der Waals surface area contributed by atoms with Crippen molar-refractivity contribution in [2.45, 2.75) is 25.3 Å². The van der Waals surface area contributed by atoms with Crippen molar-refractivity contribution in [2.24, 2.45) is 5.10 Å². The molecule has 1 aliphatic heterocycles. The number of rotatable bonds is 8. The Morgan fingerprint density at radius 2 is 1.59 bits per heavy atom. The number of para-hydroxylation sites is 1. The number of hydrazone groups is 1. The highest BCUT2D eigenvalue weighted by Gasteiger charge is 2.36. The number of carbonyl (C=O) groups excluding carboxylic acids is 1. The highest BCUT2D eigenvalue weighted by Crippen LogP contribution is 2.38. The normalized spacial score (nSPS) is 14.9. The maximum Gasteiger partial charge on any atom is 0.303 e. The van der Waals surface area contributed by atoms with Gasteiger partial charge >= 0.3 is 5.97 Å². The lowest BCUT2D eigenvalue weighted by Crippen LogP contribution is -2.27. The van der Waals surface area contributed by atoms with E-state index in [0.717, 1.165) is 39.5 Å². The molecule has 0 unspecified atom stereocenters. The number of aliphatic carboxylic acids is 1. The third kappa shape index (κ3) is 5.13. The number of hydrogen-bond acceptors (Lipinski definition) is 5. The van der Waals surface area contributed by atoms with Gasteiger partial charge in [0.1, 0.15) is 5.75 Å². The molecule has 186 valence electrons. The second-order valence-electron chi connectivity index (χ2n) is 8.71. The summed E-state index contributed by atoms with van der Waals surface area (Å²) in [6.45, 7) is 0. The van der Waals surface area contributed by atoms with Crippen LogP contribution in [0.3, 0.4) is 0 Å². The summed E-state index contributed by atoms with van der Waals surface area (Å²) in [5, 5.41) is 20.2.